The minimum Gasteiger partial charge on any atom is -0.383 e. The van der Waals surface area contributed by atoms with Crippen molar-refractivity contribution in [1.82, 2.24) is 10.2 Å². The van der Waals surface area contributed by atoms with Gasteiger partial charge in [0, 0.05) is 16.0 Å². The number of rotatable bonds is 3. The smallest absolute Gasteiger partial charge is 0.123 e. The summed E-state index contributed by atoms with van der Waals surface area (Å²) in [6, 6.07) is 9.53. The van der Waals surface area contributed by atoms with Crippen LogP contribution >= 0.6 is 22.9 Å². The number of nitrogens with one attached hydrogen (secondary N) is 1. The predicted molar refractivity (Wildman–Crippen MR) is 77.4 cm³/mol. The van der Waals surface area contributed by atoms with E-state index in [4.69, 9.17) is 11.6 Å². The van der Waals surface area contributed by atoms with Crippen LogP contribution in [0.15, 0.2) is 42.6 Å². The van der Waals surface area contributed by atoms with Crippen LogP contribution in [0.5, 0.6) is 0 Å². The Balaban J connectivity index is 1.99. The molecule has 0 bridgehead atoms. The van der Waals surface area contributed by atoms with Gasteiger partial charge in [-0.15, -0.1) is 11.3 Å². The molecule has 3 rings (SSSR count). The van der Waals surface area contributed by atoms with Crippen LogP contribution in [0.4, 0.5) is 4.39 Å². The normalized spacial score (nSPS) is 12.6. The summed E-state index contributed by atoms with van der Waals surface area (Å²) in [6.45, 7) is 0. The van der Waals surface area contributed by atoms with Crippen LogP contribution in [-0.4, -0.2) is 15.3 Å². The second kappa shape index (κ2) is 5.36. The second-order valence-corrected chi connectivity index (χ2v) is 6.00. The van der Waals surface area contributed by atoms with Crippen LogP contribution in [0.3, 0.4) is 0 Å². The van der Waals surface area contributed by atoms with Gasteiger partial charge in [0.25, 0.3) is 0 Å². The first-order valence-corrected chi connectivity index (χ1v) is 7.07. The monoisotopic (exact) mass is 308 g/mol. The number of nitrogens with zero attached hydrogens (tertiary/aromatic N) is 1. The molecule has 0 spiro atoms. The third kappa shape index (κ3) is 2.47. The fourth-order valence-corrected chi connectivity index (χ4v) is 3.05. The van der Waals surface area contributed by atoms with Crippen LogP contribution in [0.2, 0.25) is 4.34 Å². The number of aromatic amines is 1. The lowest BCUT2D eigenvalue weighted by Crippen LogP contribution is -1.97. The minimum atomic E-state index is -0.814. The van der Waals surface area contributed by atoms with Gasteiger partial charge < -0.3 is 5.11 Å². The Bertz CT molecular complexity index is 723. The van der Waals surface area contributed by atoms with E-state index in [1.165, 1.54) is 23.5 Å². The summed E-state index contributed by atoms with van der Waals surface area (Å²) in [7, 11) is 0. The van der Waals surface area contributed by atoms with Gasteiger partial charge in [-0.2, -0.15) is 5.10 Å². The quantitative estimate of drug-likeness (QED) is 0.768. The van der Waals surface area contributed by atoms with Crippen LogP contribution < -0.4 is 0 Å². The van der Waals surface area contributed by atoms with Crippen molar-refractivity contribution in [2.24, 2.45) is 0 Å². The largest absolute Gasteiger partial charge is 0.383 e. The van der Waals surface area contributed by atoms with Gasteiger partial charge in [-0.1, -0.05) is 11.6 Å². The number of halogens is 2. The molecule has 0 aliphatic rings. The SMILES string of the molecule is OC(c1ccc(Cl)s1)c1cn[nH]c1-c1ccc(F)cc1. The maximum absolute atomic E-state index is 13.0. The van der Waals surface area contributed by atoms with Crippen LogP contribution in [0.25, 0.3) is 11.3 Å². The molecule has 3 aromatic rings. The highest BCUT2D eigenvalue weighted by atomic mass is 35.5. The predicted octanol–water partition coefficient (Wildman–Crippen LogP) is 4.01. The molecule has 0 fully saturated rings. The van der Waals surface area contributed by atoms with E-state index in [1.807, 2.05) is 0 Å². The summed E-state index contributed by atoms with van der Waals surface area (Å²) < 4.78 is 13.6. The molecule has 0 amide bonds. The van der Waals surface area contributed by atoms with E-state index in [-0.39, 0.29) is 5.82 Å². The molecule has 0 aliphatic carbocycles. The highest BCUT2D eigenvalue weighted by Crippen LogP contribution is 2.34. The third-order valence-corrected chi connectivity index (χ3v) is 4.24. The van der Waals surface area contributed by atoms with Crippen molar-refractivity contribution in [2.75, 3.05) is 0 Å². The Kier molecular flexibility index (Phi) is 3.56. The summed E-state index contributed by atoms with van der Waals surface area (Å²) in [5, 5.41) is 17.2. The molecule has 0 aliphatic heterocycles. The fourth-order valence-electron chi connectivity index (χ4n) is 1.98. The summed E-state index contributed by atoms with van der Waals surface area (Å²) in [5.74, 6) is -0.305. The summed E-state index contributed by atoms with van der Waals surface area (Å²) in [5.41, 5.74) is 2.07. The lowest BCUT2D eigenvalue weighted by atomic mass is 10.0. The van der Waals surface area contributed by atoms with Gasteiger partial charge in [-0.3, -0.25) is 5.10 Å². The van der Waals surface area contributed by atoms with Gasteiger partial charge in [0.2, 0.25) is 0 Å². The Morgan fingerprint density at radius 1 is 1.20 bits per heavy atom. The Labute approximate surface area is 123 Å². The van der Waals surface area contributed by atoms with Gasteiger partial charge >= 0.3 is 0 Å². The summed E-state index contributed by atoms with van der Waals surface area (Å²) in [4.78, 5) is 0.736. The van der Waals surface area contributed by atoms with E-state index < -0.39 is 6.10 Å². The molecule has 1 unspecified atom stereocenters. The van der Waals surface area contributed by atoms with E-state index in [0.29, 0.717) is 15.6 Å². The average Bonchev–Trinajstić information content (AvgIpc) is 3.07. The summed E-state index contributed by atoms with van der Waals surface area (Å²) >= 11 is 7.20. The molecule has 2 N–H and O–H groups in total. The molecule has 3 nitrogen and oxygen atoms in total. The van der Waals surface area contributed by atoms with Crippen molar-refractivity contribution in [3.8, 4) is 11.3 Å². The maximum Gasteiger partial charge on any atom is 0.123 e. The van der Waals surface area contributed by atoms with E-state index in [1.54, 1.807) is 30.5 Å². The Morgan fingerprint density at radius 3 is 2.60 bits per heavy atom. The van der Waals surface area contributed by atoms with E-state index in [0.717, 1.165) is 10.4 Å². The number of H-pyrrole nitrogens is 1. The number of aliphatic hydroxyl groups excluding tert-OH is 1. The maximum atomic E-state index is 13.0. The van der Waals surface area contributed by atoms with Crippen molar-refractivity contribution >= 4 is 22.9 Å². The van der Waals surface area contributed by atoms with Crippen molar-refractivity contribution in [2.45, 2.75) is 6.10 Å². The number of benzene rings is 1. The van der Waals surface area contributed by atoms with E-state index >= 15 is 0 Å². The highest BCUT2D eigenvalue weighted by molar-refractivity contribution is 7.16. The molecule has 2 heterocycles. The van der Waals surface area contributed by atoms with E-state index in [9.17, 15) is 9.50 Å². The molecule has 1 aromatic carbocycles. The second-order valence-electron chi connectivity index (χ2n) is 4.25. The zero-order valence-corrected chi connectivity index (χ0v) is 11.7. The first-order valence-electron chi connectivity index (χ1n) is 5.87. The third-order valence-electron chi connectivity index (χ3n) is 2.96. The molecule has 2 aromatic heterocycles. The fraction of sp³-hybridized carbons (Fsp3) is 0.0714. The molecule has 6 heteroatoms. The Morgan fingerprint density at radius 2 is 1.95 bits per heavy atom. The molecule has 0 radical (unpaired) electrons. The molecule has 102 valence electrons. The van der Waals surface area contributed by atoms with Gasteiger partial charge in [-0.25, -0.2) is 4.39 Å². The molecule has 0 saturated heterocycles. The van der Waals surface area contributed by atoms with Crippen molar-refractivity contribution in [3.63, 3.8) is 0 Å². The highest BCUT2D eigenvalue weighted by Gasteiger charge is 2.19. The van der Waals surface area contributed by atoms with Crippen LogP contribution in [-0.2, 0) is 0 Å². The molecular weight excluding hydrogens is 299 g/mol. The number of aromatic nitrogens is 2. The molecular formula is C14H10ClFN2OS. The molecule has 0 saturated carbocycles. The van der Waals surface area contributed by atoms with E-state index in [2.05, 4.69) is 10.2 Å². The van der Waals surface area contributed by atoms with Gasteiger partial charge in [0.15, 0.2) is 0 Å². The van der Waals surface area contributed by atoms with Crippen LogP contribution in [0.1, 0.15) is 16.5 Å². The lowest BCUT2D eigenvalue weighted by molar-refractivity contribution is 0.225. The standard InChI is InChI=1S/C14H10ClFN2OS/c15-12-6-5-11(20-12)14(19)10-7-17-18-13(10)8-1-3-9(16)4-2-8/h1-7,14,19H,(H,17,18). The number of thiophene rings is 1. The molecule has 20 heavy (non-hydrogen) atoms. The summed E-state index contributed by atoms with van der Waals surface area (Å²) in [6.07, 6.45) is 0.753. The number of hydrogen-bond acceptors (Lipinski definition) is 3. The van der Waals surface area contributed by atoms with Gasteiger partial charge in [0.05, 0.1) is 16.2 Å². The van der Waals surface area contributed by atoms with Crippen molar-refractivity contribution < 1.29 is 9.50 Å². The average molecular weight is 309 g/mol. The number of aliphatic hydroxyl groups is 1. The van der Waals surface area contributed by atoms with Gasteiger partial charge in [0.1, 0.15) is 11.9 Å². The zero-order chi connectivity index (χ0) is 14.1. The minimum absolute atomic E-state index is 0.305. The van der Waals surface area contributed by atoms with Crippen LogP contribution in [0, 0.1) is 5.82 Å². The van der Waals surface area contributed by atoms with Crippen molar-refractivity contribution in [3.05, 3.63) is 63.2 Å². The Hall–Kier alpha value is -1.69. The molecule has 1 atom stereocenters. The first-order chi connectivity index (χ1) is 9.65. The first kappa shape index (κ1) is 13.3. The zero-order valence-electron chi connectivity index (χ0n) is 10.2. The van der Waals surface area contributed by atoms with Crippen molar-refractivity contribution in [1.29, 1.82) is 0 Å². The van der Waals surface area contributed by atoms with Gasteiger partial charge in [-0.05, 0) is 36.4 Å². The number of hydrogen-bond donors (Lipinski definition) is 2. The topological polar surface area (TPSA) is 48.9 Å². The lowest BCUT2D eigenvalue weighted by Gasteiger charge is -2.09.